The number of anilines is 1. The summed E-state index contributed by atoms with van der Waals surface area (Å²) >= 11 is 9.52. The van der Waals surface area contributed by atoms with Gasteiger partial charge in [-0.05, 0) is 23.8 Å². The second-order valence-electron chi connectivity index (χ2n) is 4.63. The Hall–Kier alpha value is -1.36. The van der Waals surface area contributed by atoms with E-state index in [-0.39, 0.29) is 11.9 Å². The summed E-state index contributed by atoms with van der Waals surface area (Å²) in [6.45, 7) is 0.549. The van der Waals surface area contributed by atoms with Crippen LogP contribution < -0.4 is 10.6 Å². The normalized spacial score (nSPS) is 16.9. The summed E-state index contributed by atoms with van der Waals surface area (Å²) in [6.07, 6.45) is 0. The Morgan fingerprint density at radius 3 is 2.85 bits per heavy atom. The van der Waals surface area contributed by atoms with Crippen LogP contribution in [-0.4, -0.2) is 5.91 Å². The van der Waals surface area contributed by atoms with E-state index in [0.29, 0.717) is 11.6 Å². The van der Waals surface area contributed by atoms with Crippen molar-refractivity contribution >= 4 is 39.1 Å². The van der Waals surface area contributed by atoms with Crippen molar-refractivity contribution in [2.45, 2.75) is 12.6 Å². The third-order valence-electron chi connectivity index (χ3n) is 3.30. The van der Waals surface area contributed by atoms with Gasteiger partial charge in [0.2, 0.25) is 5.91 Å². The number of fused-ring (bicyclic) bond motifs is 1. The molecule has 1 aliphatic heterocycles. The molecule has 2 aromatic rings. The number of hydrogen-bond acceptors (Lipinski definition) is 2. The lowest BCUT2D eigenvalue weighted by atomic mass is 10.1. The van der Waals surface area contributed by atoms with E-state index in [1.807, 2.05) is 42.5 Å². The molecule has 0 aliphatic carbocycles. The van der Waals surface area contributed by atoms with Crippen LogP contribution >= 0.6 is 27.5 Å². The van der Waals surface area contributed by atoms with Crippen LogP contribution in [0.4, 0.5) is 5.69 Å². The Labute approximate surface area is 130 Å². The molecule has 5 heteroatoms. The molecule has 1 heterocycles. The molecule has 1 atom stereocenters. The lowest BCUT2D eigenvalue weighted by molar-refractivity contribution is -0.117. The van der Waals surface area contributed by atoms with Crippen molar-refractivity contribution in [2.75, 3.05) is 5.32 Å². The molecule has 0 fully saturated rings. The van der Waals surface area contributed by atoms with Crippen LogP contribution in [0.15, 0.2) is 46.9 Å². The molecule has 102 valence electrons. The quantitative estimate of drug-likeness (QED) is 0.881. The minimum atomic E-state index is -0.339. The highest BCUT2D eigenvalue weighted by atomic mass is 79.9. The van der Waals surface area contributed by atoms with Crippen LogP contribution in [0.1, 0.15) is 17.2 Å². The van der Waals surface area contributed by atoms with Crippen LogP contribution in [0, 0.1) is 0 Å². The van der Waals surface area contributed by atoms with Gasteiger partial charge in [0.05, 0.1) is 0 Å². The number of rotatable bonds is 3. The van der Waals surface area contributed by atoms with Gasteiger partial charge < -0.3 is 5.32 Å². The number of hydrogen-bond donors (Lipinski definition) is 2. The van der Waals surface area contributed by atoms with Gasteiger partial charge in [-0.2, -0.15) is 0 Å². The largest absolute Gasteiger partial charge is 0.324 e. The van der Waals surface area contributed by atoms with Crippen molar-refractivity contribution in [1.82, 2.24) is 5.32 Å². The predicted octanol–water partition coefficient (Wildman–Crippen LogP) is 3.89. The minimum absolute atomic E-state index is 0.0369. The van der Waals surface area contributed by atoms with Crippen LogP contribution in [0.25, 0.3) is 0 Å². The van der Waals surface area contributed by atoms with E-state index in [9.17, 15) is 4.79 Å². The topological polar surface area (TPSA) is 41.1 Å². The average molecular weight is 352 g/mol. The number of nitrogens with one attached hydrogen (secondary N) is 2. The average Bonchev–Trinajstić information content (AvgIpc) is 2.73. The number of halogens is 2. The van der Waals surface area contributed by atoms with E-state index >= 15 is 0 Å². The smallest absolute Gasteiger partial charge is 0.246 e. The van der Waals surface area contributed by atoms with Gasteiger partial charge in [-0.15, -0.1) is 0 Å². The molecule has 0 aromatic heterocycles. The Balaban J connectivity index is 1.79. The standard InChI is InChI=1S/C15H12BrClN2O/c16-10-5-6-11-13(7-10)19-15(20)14(11)18-8-9-3-1-2-4-12(9)17/h1-7,14,18H,8H2,(H,19,20). The summed E-state index contributed by atoms with van der Waals surface area (Å²) in [5, 5.41) is 6.83. The van der Waals surface area contributed by atoms with Crippen molar-refractivity contribution < 1.29 is 4.79 Å². The van der Waals surface area contributed by atoms with E-state index in [4.69, 9.17) is 11.6 Å². The van der Waals surface area contributed by atoms with E-state index < -0.39 is 0 Å². The molecule has 3 rings (SSSR count). The molecule has 2 N–H and O–H groups in total. The first-order chi connectivity index (χ1) is 9.65. The third-order valence-corrected chi connectivity index (χ3v) is 4.16. The molecule has 1 aliphatic rings. The van der Waals surface area contributed by atoms with Crippen molar-refractivity contribution in [3.05, 3.63) is 63.1 Å². The van der Waals surface area contributed by atoms with Gasteiger partial charge >= 0.3 is 0 Å². The maximum absolute atomic E-state index is 12.0. The highest BCUT2D eigenvalue weighted by Crippen LogP contribution is 2.33. The summed E-state index contributed by atoms with van der Waals surface area (Å²) in [4.78, 5) is 12.0. The van der Waals surface area contributed by atoms with Crippen molar-refractivity contribution in [3.63, 3.8) is 0 Å². The molecule has 0 saturated heterocycles. The predicted molar refractivity (Wildman–Crippen MR) is 83.8 cm³/mol. The summed E-state index contributed by atoms with van der Waals surface area (Å²) in [6, 6.07) is 13.1. The summed E-state index contributed by atoms with van der Waals surface area (Å²) in [5.74, 6) is -0.0369. The lowest BCUT2D eigenvalue weighted by Crippen LogP contribution is -2.27. The van der Waals surface area contributed by atoms with Gasteiger partial charge in [0.25, 0.3) is 0 Å². The van der Waals surface area contributed by atoms with Crippen molar-refractivity contribution in [3.8, 4) is 0 Å². The van der Waals surface area contributed by atoms with E-state index in [1.54, 1.807) is 0 Å². The zero-order chi connectivity index (χ0) is 14.1. The molecule has 1 unspecified atom stereocenters. The Kier molecular flexibility index (Phi) is 3.78. The van der Waals surface area contributed by atoms with E-state index in [2.05, 4.69) is 26.6 Å². The summed E-state index contributed by atoms with van der Waals surface area (Å²) in [7, 11) is 0. The van der Waals surface area contributed by atoms with Gasteiger partial charge in [-0.3, -0.25) is 10.1 Å². The fourth-order valence-electron chi connectivity index (χ4n) is 2.29. The first kappa shape index (κ1) is 13.6. The lowest BCUT2D eigenvalue weighted by Gasteiger charge is -2.12. The molecule has 20 heavy (non-hydrogen) atoms. The monoisotopic (exact) mass is 350 g/mol. The minimum Gasteiger partial charge on any atom is -0.324 e. The molecule has 0 bridgehead atoms. The first-order valence-electron chi connectivity index (χ1n) is 6.22. The molecule has 1 amide bonds. The van der Waals surface area contributed by atoms with Crippen molar-refractivity contribution in [1.29, 1.82) is 0 Å². The third kappa shape index (κ3) is 2.59. The van der Waals surface area contributed by atoms with Crippen molar-refractivity contribution in [2.24, 2.45) is 0 Å². The number of carbonyl (C=O) groups excluding carboxylic acids is 1. The maximum atomic E-state index is 12.0. The SMILES string of the molecule is O=C1Nc2cc(Br)ccc2C1NCc1ccccc1Cl. The molecule has 2 aromatic carbocycles. The van der Waals surface area contributed by atoms with Gasteiger partial charge in [-0.1, -0.05) is 51.8 Å². The molecule has 0 spiro atoms. The second-order valence-corrected chi connectivity index (χ2v) is 5.95. The van der Waals surface area contributed by atoms with Crippen LogP contribution in [0.5, 0.6) is 0 Å². The fourth-order valence-corrected chi connectivity index (χ4v) is 2.85. The summed E-state index contributed by atoms with van der Waals surface area (Å²) in [5.41, 5.74) is 2.79. The molecule has 3 nitrogen and oxygen atoms in total. The Morgan fingerprint density at radius 1 is 1.25 bits per heavy atom. The maximum Gasteiger partial charge on any atom is 0.246 e. The van der Waals surface area contributed by atoms with Crippen LogP contribution in [0.3, 0.4) is 0 Å². The second kappa shape index (κ2) is 5.56. The van der Waals surface area contributed by atoms with E-state index in [0.717, 1.165) is 21.3 Å². The van der Waals surface area contributed by atoms with E-state index in [1.165, 1.54) is 0 Å². The first-order valence-corrected chi connectivity index (χ1v) is 7.39. The fraction of sp³-hybridized carbons (Fsp3) is 0.133. The number of amides is 1. The molecule has 0 radical (unpaired) electrons. The zero-order valence-corrected chi connectivity index (χ0v) is 12.8. The Morgan fingerprint density at radius 2 is 2.05 bits per heavy atom. The van der Waals surface area contributed by atoms with Crippen LogP contribution in [-0.2, 0) is 11.3 Å². The Bertz CT molecular complexity index is 675. The zero-order valence-electron chi connectivity index (χ0n) is 10.5. The molecule has 0 saturated carbocycles. The molecular weight excluding hydrogens is 340 g/mol. The van der Waals surface area contributed by atoms with Gasteiger partial charge in [0, 0.05) is 27.3 Å². The highest BCUT2D eigenvalue weighted by Gasteiger charge is 2.30. The number of benzene rings is 2. The highest BCUT2D eigenvalue weighted by molar-refractivity contribution is 9.10. The summed E-state index contributed by atoms with van der Waals surface area (Å²) < 4.78 is 0.948. The molecular formula is C15H12BrClN2O. The van der Waals surface area contributed by atoms with Gasteiger partial charge in [0.15, 0.2) is 0 Å². The van der Waals surface area contributed by atoms with Gasteiger partial charge in [-0.25, -0.2) is 0 Å². The van der Waals surface area contributed by atoms with Crippen LogP contribution in [0.2, 0.25) is 5.02 Å². The van der Waals surface area contributed by atoms with Gasteiger partial charge in [0.1, 0.15) is 6.04 Å². The number of carbonyl (C=O) groups is 1.